The van der Waals surface area contributed by atoms with Crippen molar-refractivity contribution in [2.24, 2.45) is 11.7 Å². The van der Waals surface area contributed by atoms with Gasteiger partial charge in [-0.15, -0.1) is 0 Å². The molecule has 0 bridgehead atoms. The third kappa shape index (κ3) is 4.50. The van der Waals surface area contributed by atoms with Gasteiger partial charge in [0, 0.05) is 18.5 Å². The van der Waals surface area contributed by atoms with Gasteiger partial charge < -0.3 is 16.0 Å². The van der Waals surface area contributed by atoms with E-state index in [2.05, 4.69) is 5.32 Å². The Bertz CT molecular complexity index is 589. The van der Waals surface area contributed by atoms with Crippen molar-refractivity contribution in [2.45, 2.75) is 38.6 Å². The Morgan fingerprint density at radius 3 is 2.54 bits per heavy atom. The number of rotatable bonds is 5. The summed E-state index contributed by atoms with van der Waals surface area (Å²) < 4.78 is 27.1. The quantitative estimate of drug-likeness (QED) is 0.864. The van der Waals surface area contributed by atoms with Crippen molar-refractivity contribution in [3.8, 4) is 0 Å². The second-order valence-corrected chi connectivity index (χ2v) is 6.12. The molecule has 0 heterocycles. The van der Waals surface area contributed by atoms with E-state index in [-0.39, 0.29) is 24.4 Å². The summed E-state index contributed by atoms with van der Waals surface area (Å²) in [5.74, 6) is -2.65. The summed E-state index contributed by atoms with van der Waals surface area (Å²) in [4.78, 5) is 26.0. The number of carbonyl (C=O) groups is 2. The Hall–Kier alpha value is -2.02. The van der Waals surface area contributed by atoms with Crippen molar-refractivity contribution >= 4 is 17.5 Å². The van der Waals surface area contributed by atoms with Crippen molar-refractivity contribution in [1.82, 2.24) is 4.90 Å². The Morgan fingerprint density at radius 2 is 1.96 bits per heavy atom. The summed E-state index contributed by atoms with van der Waals surface area (Å²) >= 11 is 0. The van der Waals surface area contributed by atoms with Gasteiger partial charge in [-0.05, 0) is 38.3 Å². The van der Waals surface area contributed by atoms with Crippen LogP contribution in [0.15, 0.2) is 18.2 Å². The van der Waals surface area contributed by atoms with E-state index in [0.29, 0.717) is 13.0 Å². The van der Waals surface area contributed by atoms with Gasteiger partial charge in [0.25, 0.3) is 0 Å². The minimum atomic E-state index is -0.851. The normalized spacial score (nSPS) is 20.5. The van der Waals surface area contributed by atoms with Gasteiger partial charge in [0.1, 0.15) is 17.3 Å². The Morgan fingerprint density at radius 1 is 1.29 bits per heavy atom. The molecule has 1 aliphatic rings. The van der Waals surface area contributed by atoms with Gasteiger partial charge in [-0.1, -0.05) is 12.5 Å². The number of nitrogens with one attached hydrogen (secondary N) is 1. The number of hydrogen-bond donors (Lipinski definition) is 2. The highest BCUT2D eigenvalue weighted by molar-refractivity contribution is 5.95. The molecule has 2 atom stereocenters. The lowest BCUT2D eigenvalue weighted by molar-refractivity contribution is -0.139. The van der Waals surface area contributed by atoms with Gasteiger partial charge in [0.05, 0.1) is 6.54 Å². The highest BCUT2D eigenvalue weighted by Gasteiger charge is 2.29. The highest BCUT2D eigenvalue weighted by atomic mass is 19.1. The molecule has 1 fully saturated rings. The van der Waals surface area contributed by atoms with Crippen molar-refractivity contribution < 1.29 is 18.4 Å². The summed E-state index contributed by atoms with van der Waals surface area (Å²) in [5.41, 5.74) is 5.41. The molecule has 0 aliphatic heterocycles. The second-order valence-electron chi connectivity index (χ2n) is 6.12. The van der Waals surface area contributed by atoms with Crippen molar-refractivity contribution in [3.05, 3.63) is 29.8 Å². The molecule has 2 unspecified atom stereocenters. The number of para-hydroxylation sites is 1. The van der Waals surface area contributed by atoms with E-state index in [1.807, 2.05) is 0 Å². The number of nitrogens with two attached hydrogens (primary N) is 1. The number of nitrogens with zero attached hydrogens (tertiary/aromatic N) is 1. The number of amides is 2. The number of anilines is 1. The van der Waals surface area contributed by atoms with Crippen molar-refractivity contribution in [2.75, 3.05) is 18.4 Å². The van der Waals surface area contributed by atoms with Gasteiger partial charge in [-0.25, -0.2) is 8.78 Å². The lowest BCUT2D eigenvalue weighted by atomic mass is 9.85. The molecule has 1 aromatic carbocycles. The maximum absolute atomic E-state index is 13.6. The first-order chi connectivity index (χ1) is 11.4. The molecule has 1 saturated carbocycles. The molecule has 24 heavy (non-hydrogen) atoms. The fourth-order valence-electron chi connectivity index (χ4n) is 3.03. The Balaban J connectivity index is 1.99. The lowest BCUT2D eigenvalue weighted by Crippen LogP contribution is -2.44. The first kappa shape index (κ1) is 18.3. The summed E-state index contributed by atoms with van der Waals surface area (Å²) in [6.45, 7) is 1.87. The SMILES string of the molecule is CCN(CC(=O)Nc1c(F)cccc1F)C(=O)C1CCCC(N)C1. The number of halogens is 2. The molecular weight excluding hydrogens is 316 g/mol. The fourth-order valence-corrected chi connectivity index (χ4v) is 3.03. The van der Waals surface area contributed by atoms with Crippen LogP contribution in [-0.4, -0.2) is 35.8 Å². The van der Waals surface area contributed by atoms with E-state index in [9.17, 15) is 18.4 Å². The molecule has 3 N–H and O–H groups in total. The molecule has 2 amide bonds. The second kappa shape index (κ2) is 8.19. The smallest absolute Gasteiger partial charge is 0.244 e. The Labute approximate surface area is 140 Å². The number of likely N-dealkylation sites (N-methyl/N-ethyl adjacent to an activating group) is 1. The zero-order chi connectivity index (χ0) is 17.7. The predicted octanol–water partition coefficient (Wildman–Crippen LogP) is 2.27. The zero-order valence-corrected chi connectivity index (χ0v) is 13.7. The van der Waals surface area contributed by atoms with E-state index < -0.39 is 23.2 Å². The van der Waals surface area contributed by atoms with Crippen molar-refractivity contribution in [3.63, 3.8) is 0 Å². The van der Waals surface area contributed by atoms with Gasteiger partial charge in [-0.2, -0.15) is 0 Å². The average molecular weight is 339 g/mol. The van der Waals surface area contributed by atoms with E-state index in [1.54, 1.807) is 6.92 Å². The maximum Gasteiger partial charge on any atom is 0.244 e. The fraction of sp³-hybridized carbons (Fsp3) is 0.529. The zero-order valence-electron chi connectivity index (χ0n) is 13.7. The van der Waals surface area contributed by atoms with E-state index in [0.717, 1.165) is 31.4 Å². The topological polar surface area (TPSA) is 75.4 Å². The summed E-state index contributed by atoms with van der Waals surface area (Å²) in [6, 6.07) is 3.34. The molecule has 0 radical (unpaired) electrons. The van der Waals surface area contributed by atoms with Crippen LogP contribution in [0.25, 0.3) is 0 Å². The lowest BCUT2D eigenvalue weighted by Gasteiger charge is -2.30. The van der Waals surface area contributed by atoms with Gasteiger partial charge in [-0.3, -0.25) is 9.59 Å². The van der Waals surface area contributed by atoms with Crippen molar-refractivity contribution in [1.29, 1.82) is 0 Å². The van der Waals surface area contributed by atoms with E-state index in [4.69, 9.17) is 5.73 Å². The Kier molecular flexibility index (Phi) is 6.25. The molecule has 7 heteroatoms. The predicted molar refractivity (Wildman–Crippen MR) is 87.2 cm³/mol. The van der Waals surface area contributed by atoms with Crippen LogP contribution < -0.4 is 11.1 Å². The molecule has 1 aromatic rings. The minimum Gasteiger partial charge on any atom is -0.333 e. The third-order valence-corrected chi connectivity index (χ3v) is 4.32. The van der Waals surface area contributed by atoms with E-state index in [1.165, 1.54) is 11.0 Å². The van der Waals surface area contributed by atoms with Crippen LogP contribution in [0.2, 0.25) is 0 Å². The summed E-state index contributed by atoms with van der Waals surface area (Å²) in [7, 11) is 0. The molecular formula is C17H23F2N3O2. The van der Waals surface area contributed by atoms with Crippen LogP contribution in [-0.2, 0) is 9.59 Å². The number of hydrogen-bond acceptors (Lipinski definition) is 3. The molecule has 2 rings (SSSR count). The highest BCUT2D eigenvalue weighted by Crippen LogP contribution is 2.25. The largest absolute Gasteiger partial charge is 0.333 e. The summed E-state index contributed by atoms with van der Waals surface area (Å²) in [6.07, 6.45) is 3.16. The van der Waals surface area contributed by atoms with Gasteiger partial charge in [0.15, 0.2) is 0 Å². The molecule has 5 nitrogen and oxygen atoms in total. The molecule has 1 aliphatic carbocycles. The van der Waals surface area contributed by atoms with Gasteiger partial charge >= 0.3 is 0 Å². The number of benzene rings is 1. The van der Waals surface area contributed by atoms with E-state index >= 15 is 0 Å². The monoisotopic (exact) mass is 339 g/mol. The van der Waals surface area contributed by atoms with Gasteiger partial charge in [0.2, 0.25) is 11.8 Å². The summed E-state index contributed by atoms with van der Waals surface area (Å²) in [5, 5.41) is 2.20. The average Bonchev–Trinajstić information content (AvgIpc) is 2.55. The maximum atomic E-state index is 13.6. The minimum absolute atomic E-state index is 0.00717. The van der Waals surface area contributed by atoms with Crippen LogP contribution in [0.5, 0.6) is 0 Å². The van der Waals surface area contributed by atoms with Crippen LogP contribution in [0, 0.1) is 17.6 Å². The van der Waals surface area contributed by atoms with Crippen LogP contribution in [0.3, 0.4) is 0 Å². The van der Waals surface area contributed by atoms with Crippen LogP contribution in [0.4, 0.5) is 14.5 Å². The molecule has 0 saturated heterocycles. The molecule has 132 valence electrons. The standard InChI is InChI=1S/C17H23F2N3O2/c1-2-22(17(24)11-5-3-6-12(20)9-11)10-15(23)21-16-13(18)7-4-8-14(16)19/h4,7-8,11-12H,2-3,5-6,9-10,20H2,1H3,(H,21,23). The third-order valence-electron chi connectivity index (χ3n) is 4.32. The first-order valence-electron chi connectivity index (χ1n) is 8.20. The number of carbonyl (C=O) groups excluding carboxylic acids is 2. The molecule has 0 spiro atoms. The van der Waals surface area contributed by atoms with Crippen LogP contribution >= 0.6 is 0 Å². The first-order valence-corrected chi connectivity index (χ1v) is 8.20. The molecule has 0 aromatic heterocycles. The van der Waals surface area contributed by atoms with Crippen LogP contribution in [0.1, 0.15) is 32.6 Å².